The maximum atomic E-state index is 2.21. The van der Waals surface area contributed by atoms with Gasteiger partial charge in [-0.1, -0.05) is 77.1 Å². The van der Waals surface area contributed by atoms with Crippen molar-refractivity contribution in [1.29, 1.82) is 0 Å². The molecule has 78 valence electrons. The summed E-state index contributed by atoms with van der Waals surface area (Å²) in [5, 5.41) is 2.80. The van der Waals surface area contributed by atoms with Crippen LogP contribution in [0.3, 0.4) is 0 Å². The lowest BCUT2D eigenvalue weighted by Gasteiger charge is -2.06. The van der Waals surface area contributed by atoms with Crippen molar-refractivity contribution in [2.45, 2.75) is 6.92 Å². The van der Waals surface area contributed by atoms with Crippen LogP contribution in [0.15, 0.2) is 66.7 Å². The molecule has 0 unspecified atom stereocenters. The molecule has 0 nitrogen and oxygen atoms in total. The van der Waals surface area contributed by atoms with Crippen molar-refractivity contribution in [3.05, 3.63) is 72.3 Å². The molecule has 0 aliphatic heterocycles. The second kappa shape index (κ2) is 5.47. The Balaban J connectivity index is 2.20. The van der Waals surface area contributed by atoms with Crippen molar-refractivity contribution in [3.8, 4) is 0 Å². The Hall–Kier alpha value is -1.60. The third kappa shape index (κ3) is 2.71. The van der Waals surface area contributed by atoms with E-state index in [1.165, 1.54) is 15.9 Å². The highest BCUT2D eigenvalue weighted by Crippen LogP contribution is 2.11. The number of hydrogen-bond acceptors (Lipinski definition) is 0. The van der Waals surface area contributed by atoms with Crippen molar-refractivity contribution in [2.75, 3.05) is 0 Å². The third-order valence-electron chi connectivity index (χ3n) is 2.43. The van der Waals surface area contributed by atoms with Crippen molar-refractivity contribution < 1.29 is 0 Å². The van der Waals surface area contributed by atoms with Crippen LogP contribution in [0.1, 0.15) is 12.5 Å². The number of allylic oxidation sites excluding steroid dienone is 1. The summed E-state index contributed by atoms with van der Waals surface area (Å²) in [6, 6.07) is 21.2. The summed E-state index contributed by atoms with van der Waals surface area (Å²) in [6.45, 7) is 2.11. The van der Waals surface area contributed by atoms with Gasteiger partial charge in [-0.05, 0) is 12.5 Å². The molecular formula is C15H14Si. The van der Waals surface area contributed by atoms with Gasteiger partial charge in [0.2, 0.25) is 0 Å². The van der Waals surface area contributed by atoms with E-state index >= 15 is 0 Å². The van der Waals surface area contributed by atoms with E-state index in [-0.39, 0.29) is 0 Å². The van der Waals surface area contributed by atoms with Gasteiger partial charge in [0.25, 0.3) is 0 Å². The topological polar surface area (TPSA) is 0 Å². The Kier molecular flexibility index (Phi) is 3.73. The van der Waals surface area contributed by atoms with E-state index in [1.54, 1.807) is 0 Å². The fourth-order valence-corrected chi connectivity index (χ4v) is 2.73. The highest BCUT2D eigenvalue weighted by molar-refractivity contribution is 6.73. The zero-order valence-electron chi connectivity index (χ0n) is 9.35. The second-order valence-electron chi connectivity index (χ2n) is 3.56. The zero-order chi connectivity index (χ0) is 11.2. The lowest BCUT2D eigenvalue weighted by molar-refractivity contribution is 1.63. The molecule has 2 aromatic rings. The Bertz CT molecular complexity index is 457. The minimum absolute atomic E-state index is 0.734. The summed E-state index contributed by atoms with van der Waals surface area (Å²) >= 11 is 0. The second-order valence-corrected chi connectivity index (χ2v) is 4.93. The van der Waals surface area contributed by atoms with E-state index in [1.807, 2.05) is 0 Å². The van der Waals surface area contributed by atoms with Gasteiger partial charge in [-0.25, -0.2) is 0 Å². The molecule has 0 N–H and O–H groups in total. The van der Waals surface area contributed by atoms with Crippen LogP contribution in [0.4, 0.5) is 0 Å². The van der Waals surface area contributed by atoms with Crippen LogP contribution in [-0.4, -0.2) is 9.52 Å². The fourth-order valence-electron chi connectivity index (χ4n) is 1.61. The molecule has 2 radical (unpaired) electrons. The van der Waals surface area contributed by atoms with Crippen molar-refractivity contribution >= 4 is 19.9 Å². The molecule has 0 heterocycles. The first-order valence-corrected chi connectivity index (χ1v) is 6.44. The molecule has 16 heavy (non-hydrogen) atoms. The van der Waals surface area contributed by atoms with E-state index in [9.17, 15) is 0 Å². The van der Waals surface area contributed by atoms with Crippen LogP contribution >= 0.6 is 0 Å². The molecule has 0 aliphatic rings. The Morgan fingerprint density at radius 3 is 2.00 bits per heavy atom. The zero-order valence-corrected chi connectivity index (χ0v) is 10.4. The highest BCUT2D eigenvalue weighted by Gasteiger charge is 2.02. The normalized spacial score (nSPS) is 11.4. The molecule has 0 fully saturated rings. The van der Waals surface area contributed by atoms with Gasteiger partial charge in [0, 0.05) is 0 Å². The van der Waals surface area contributed by atoms with E-state index in [2.05, 4.69) is 73.7 Å². The maximum Gasteiger partial charge on any atom is 0.121 e. The van der Waals surface area contributed by atoms with Crippen LogP contribution in [-0.2, 0) is 0 Å². The summed E-state index contributed by atoms with van der Waals surface area (Å²) in [7, 11) is 0.734. The smallest absolute Gasteiger partial charge is 0.0879 e. The molecule has 0 bridgehead atoms. The van der Waals surface area contributed by atoms with E-state index < -0.39 is 0 Å². The summed E-state index contributed by atoms with van der Waals surface area (Å²) in [5.41, 5.74) is 1.33. The quantitative estimate of drug-likeness (QED) is 0.700. The van der Waals surface area contributed by atoms with Crippen LogP contribution in [0, 0.1) is 0 Å². The van der Waals surface area contributed by atoms with Crippen LogP contribution in [0.5, 0.6) is 0 Å². The van der Waals surface area contributed by atoms with Gasteiger partial charge in [-0.3, -0.25) is 0 Å². The van der Waals surface area contributed by atoms with Crippen molar-refractivity contribution in [1.82, 2.24) is 0 Å². The average molecular weight is 222 g/mol. The first kappa shape index (κ1) is 10.9. The molecular weight excluding hydrogens is 208 g/mol. The van der Waals surface area contributed by atoms with Gasteiger partial charge in [0.15, 0.2) is 0 Å². The van der Waals surface area contributed by atoms with Gasteiger partial charge < -0.3 is 0 Å². The number of benzene rings is 2. The van der Waals surface area contributed by atoms with Crippen LogP contribution < -0.4 is 5.19 Å². The van der Waals surface area contributed by atoms with Crippen LogP contribution in [0.25, 0.3) is 5.20 Å². The van der Waals surface area contributed by atoms with Gasteiger partial charge in [-0.15, -0.1) is 0 Å². The number of rotatable bonds is 3. The lowest BCUT2D eigenvalue weighted by atomic mass is 10.2. The first-order valence-electron chi connectivity index (χ1n) is 5.44. The molecule has 0 spiro atoms. The van der Waals surface area contributed by atoms with E-state index in [0.717, 1.165) is 9.52 Å². The predicted molar refractivity (Wildman–Crippen MR) is 71.9 cm³/mol. The minimum atomic E-state index is 0.734. The van der Waals surface area contributed by atoms with Gasteiger partial charge >= 0.3 is 0 Å². The Labute approximate surface area is 99.5 Å². The minimum Gasteiger partial charge on any atom is -0.0879 e. The summed E-state index contributed by atoms with van der Waals surface area (Å²) < 4.78 is 0. The molecule has 2 aromatic carbocycles. The summed E-state index contributed by atoms with van der Waals surface area (Å²) in [5.74, 6) is 0. The molecule has 2 rings (SSSR count). The fraction of sp³-hybridized carbons (Fsp3) is 0.0667. The molecule has 0 saturated heterocycles. The molecule has 0 aliphatic carbocycles. The van der Waals surface area contributed by atoms with Gasteiger partial charge in [-0.2, -0.15) is 0 Å². The highest BCUT2D eigenvalue weighted by atomic mass is 28.2. The molecule has 0 saturated carbocycles. The van der Waals surface area contributed by atoms with Crippen molar-refractivity contribution in [3.63, 3.8) is 0 Å². The summed E-state index contributed by atoms with van der Waals surface area (Å²) in [6.07, 6.45) is 2.21. The third-order valence-corrected chi connectivity index (χ3v) is 3.89. The monoisotopic (exact) mass is 222 g/mol. The van der Waals surface area contributed by atoms with E-state index in [4.69, 9.17) is 0 Å². The standard InChI is InChI=1S/C15H14Si/c1-2-15(13-9-5-3-6-10-13)16-14-11-7-4-8-12-14/h2-12H,1H3/b15-2+. The molecule has 0 amide bonds. The van der Waals surface area contributed by atoms with Crippen molar-refractivity contribution in [2.24, 2.45) is 0 Å². The summed E-state index contributed by atoms with van der Waals surface area (Å²) in [4.78, 5) is 0. The first-order chi connectivity index (χ1) is 7.90. The Morgan fingerprint density at radius 1 is 0.875 bits per heavy atom. The van der Waals surface area contributed by atoms with E-state index in [0.29, 0.717) is 0 Å². The predicted octanol–water partition coefficient (Wildman–Crippen LogP) is 3.08. The molecule has 0 aromatic heterocycles. The lowest BCUT2D eigenvalue weighted by Crippen LogP contribution is -2.14. The molecule has 0 atom stereocenters. The molecule has 1 heteroatoms. The largest absolute Gasteiger partial charge is 0.121 e. The van der Waals surface area contributed by atoms with Gasteiger partial charge in [0.1, 0.15) is 9.52 Å². The SMILES string of the molecule is C/C=C(/[Si]c1ccccc1)c1ccccc1. The maximum absolute atomic E-state index is 2.21. The van der Waals surface area contributed by atoms with Gasteiger partial charge in [0.05, 0.1) is 0 Å². The van der Waals surface area contributed by atoms with Crippen LogP contribution in [0.2, 0.25) is 0 Å². The Morgan fingerprint density at radius 2 is 1.44 bits per heavy atom. The average Bonchev–Trinajstić information content (AvgIpc) is 2.38. The number of hydrogen-bond donors (Lipinski definition) is 0.